The Balaban J connectivity index is 1.48. The van der Waals surface area contributed by atoms with Crippen LogP contribution in [-0.4, -0.2) is 39.4 Å². The smallest absolute Gasteiger partial charge is 0.271 e. The molecule has 3 aromatic rings. The highest BCUT2D eigenvalue weighted by Gasteiger charge is 2.48. The summed E-state index contributed by atoms with van der Waals surface area (Å²) in [6.45, 7) is 2.89. The first kappa shape index (κ1) is 23.4. The van der Waals surface area contributed by atoms with Crippen LogP contribution in [0.2, 0.25) is 0 Å². The van der Waals surface area contributed by atoms with Gasteiger partial charge in [0.05, 0.1) is 6.54 Å². The maximum atomic E-state index is 13.9. The molecule has 1 saturated carbocycles. The van der Waals surface area contributed by atoms with Crippen LogP contribution in [0.15, 0.2) is 72.8 Å². The number of nitrogens with zero attached hydrogens (tertiary/aromatic N) is 2. The molecule has 1 aliphatic carbocycles. The molecular weight excluding hydrogens is 434 g/mol. The van der Waals surface area contributed by atoms with Crippen molar-refractivity contribution in [1.82, 2.24) is 14.8 Å². The molecule has 2 aliphatic rings. The van der Waals surface area contributed by atoms with Crippen molar-refractivity contribution in [3.05, 3.63) is 84.1 Å². The Morgan fingerprint density at radius 2 is 1.51 bits per heavy atom. The molecule has 35 heavy (non-hydrogen) atoms. The molecule has 1 atom stereocenters. The number of hydrogen-bond acceptors (Lipinski definition) is 2. The Morgan fingerprint density at radius 3 is 2.20 bits per heavy atom. The normalized spacial score (nSPS) is 20.8. The predicted octanol–water partition coefficient (Wildman–Crippen LogP) is 5.45. The van der Waals surface area contributed by atoms with E-state index in [1.54, 1.807) is 0 Å². The minimum atomic E-state index is -0.965. The largest absolute Gasteiger partial charge is 0.351 e. The van der Waals surface area contributed by atoms with Gasteiger partial charge in [-0.2, -0.15) is 0 Å². The highest BCUT2D eigenvalue weighted by Crippen LogP contribution is 2.33. The molecule has 0 bridgehead atoms. The molecule has 2 aromatic carbocycles. The number of benzene rings is 2. The van der Waals surface area contributed by atoms with Gasteiger partial charge < -0.3 is 14.8 Å². The second-order valence-corrected chi connectivity index (χ2v) is 10.2. The molecular formula is C30H35N3O2. The number of fused-ring (bicyclic) bond motifs is 1. The molecule has 2 heterocycles. The summed E-state index contributed by atoms with van der Waals surface area (Å²) in [7, 11) is 0. The molecule has 1 aliphatic heterocycles. The fourth-order valence-electron chi connectivity index (χ4n) is 5.63. The molecule has 2 amide bonds. The Kier molecular flexibility index (Phi) is 6.76. The van der Waals surface area contributed by atoms with Gasteiger partial charge in [0.2, 0.25) is 5.91 Å². The van der Waals surface area contributed by atoms with Gasteiger partial charge in [0.1, 0.15) is 11.2 Å². The molecule has 5 heteroatoms. The van der Waals surface area contributed by atoms with Crippen molar-refractivity contribution < 1.29 is 9.59 Å². The lowest BCUT2D eigenvalue weighted by molar-refractivity contribution is -0.133. The van der Waals surface area contributed by atoms with Crippen LogP contribution in [0.25, 0.3) is 11.3 Å². The third kappa shape index (κ3) is 4.77. The summed E-state index contributed by atoms with van der Waals surface area (Å²) >= 11 is 0. The minimum Gasteiger partial charge on any atom is -0.351 e. The van der Waals surface area contributed by atoms with E-state index < -0.39 is 5.54 Å². The van der Waals surface area contributed by atoms with Crippen molar-refractivity contribution >= 4 is 11.8 Å². The van der Waals surface area contributed by atoms with E-state index in [0.29, 0.717) is 25.2 Å². The lowest BCUT2D eigenvalue weighted by atomic mass is 9.92. The third-order valence-electron chi connectivity index (χ3n) is 7.72. The van der Waals surface area contributed by atoms with E-state index in [2.05, 4.69) is 29.6 Å². The summed E-state index contributed by atoms with van der Waals surface area (Å²) in [5.74, 6) is -0.114. The quantitative estimate of drug-likeness (QED) is 0.488. The maximum absolute atomic E-state index is 13.9. The average Bonchev–Trinajstić information content (AvgIpc) is 3.13. The minimum absolute atomic E-state index is 0.0378. The molecule has 1 N–H and O–H groups in total. The number of carbonyl (C=O) groups is 2. The summed E-state index contributed by atoms with van der Waals surface area (Å²) in [5, 5.41) is 3.35. The van der Waals surface area contributed by atoms with Crippen LogP contribution in [0.5, 0.6) is 0 Å². The van der Waals surface area contributed by atoms with Crippen molar-refractivity contribution in [2.45, 2.75) is 70.0 Å². The third-order valence-corrected chi connectivity index (χ3v) is 7.72. The molecule has 5 nitrogen and oxygen atoms in total. The van der Waals surface area contributed by atoms with Gasteiger partial charge in [-0.1, -0.05) is 86.3 Å². The van der Waals surface area contributed by atoms with Gasteiger partial charge in [0.25, 0.3) is 5.91 Å². The molecule has 1 unspecified atom stereocenters. The highest BCUT2D eigenvalue weighted by molar-refractivity contribution is 6.00. The van der Waals surface area contributed by atoms with Crippen molar-refractivity contribution in [3.8, 4) is 11.3 Å². The lowest BCUT2D eigenvalue weighted by Crippen LogP contribution is -2.65. The lowest BCUT2D eigenvalue weighted by Gasteiger charge is -2.45. The average molecular weight is 470 g/mol. The Hall–Kier alpha value is -3.34. The summed E-state index contributed by atoms with van der Waals surface area (Å²) in [4.78, 5) is 29.6. The molecule has 0 radical (unpaired) electrons. The van der Waals surface area contributed by atoms with Gasteiger partial charge in [-0.25, -0.2) is 0 Å². The molecule has 0 spiro atoms. The number of amides is 2. The Bertz CT molecular complexity index is 1160. The van der Waals surface area contributed by atoms with Gasteiger partial charge in [-0.15, -0.1) is 0 Å². The zero-order valence-electron chi connectivity index (χ0n) is 20.6. The van der Waals surface area contributed by atoms with Crippen LogP contribution in [-0.2, 0) is 17.8 Å². The molecule has 5 rings (SSSR count). The number of hydrogen-bond donors (Lipinski definition) is 1. The molecule has 0 saturated heterocycles. The predicted molar refractivity (Wildman–Crippen MR) is 139 cm³/mol. The fourth-order valence-corrected chi connectivity index (χ4v) is 5.63. The zero-order valence-corrected chi connectivity index (χ0v) is 20.6. The molecule has 1 aromatic heterocycles. The second-order valence-electron chi connectivity index (χ2n) is 10.2. The second kappa shape index (κ2) is 10.1. The van der Waals surface area contributed by atoms with Crippen LogP contribution in [0.3, 0.4) is 0 Å². The summed E-state index contributed by atoms with van der Waals surface area (Å²) in [5.41, 5.74) is 2.88. The first-order valence-corrected chi connectivity index (χ1v) is 13.0. The topological polar surface area (TPSA) is 54.3 Å². The Morgan fingerprint density at radius 1 is 0.886 bits per heavy atom. The summed E-state index contributed by atoms with van der Waals surface area (Å²) in [6, 6.07) is 24.4. The first-order valence-electron chi connectivity index (χ1n) is 13.0. The van der Waals surface area contributed by atoms with E-state index in [9.17, 15) is 9.59 Å². The van der Waals surface area contributed by atoms with Gasteiger partial charge in [-0.05, 0) is 49.4 Å². The van der Waals surface area contributed by atoms with Gasteiger partial charge in [0, 0.05) is 18.3 Å². The summed E-state index contributed by atoms with van der Waals surface area (Å²) < 4.78 is 2.04. The number of carbonyl (C=O) groups excluding carboxylic acids is 2. The van der Waals surface area contributed by atoms with Crippen LogP contribution in [0, 0.1) is 0 Å². The van der Waals surface area contributed by atoms with Crippen molar-refractivity contribution in [3.63, 3.8) is 0 Å². The molecule has 182 valence electrons. The first-order chi connectivity index (χ1) is 17.1. The van der Waals surface area contributed by atoms with E-state index >= 15 is 0 Å². The number of rotatable bonds is 6. The van der Waals surface area contributed by atoms with Crippen LogP contribution < -0.4 is 5.32 Å². The fraction of sp³-hybridized carbons (Fsp3) is 0.400. The zero-order chi connectivity index (χ0) is 24.3. The van der Waals surface area contributed by atoms with Crippen molar-refractivity contribution in [1.29, 1.82) is 0 Å². The van der Waals surface area contributed by atoms with E-state index in [4.69, 9.17) is 0 Å². The number of aromatic nitrogens is 1. The van der Waals surface area contributed by atoms with Crippen LogP contribution in [0.4, 0.5) is 0 Å². The Labute approximate surface area is 208 Å². The van der Waals surface area contributed by atoms with Gasteiger partial charge >= 0.3 is 0 Å². The molecule has 1 fully saturated rings. The van der Waals surface area contributed by atoms with Crippen LogP contribution >= 0.6 is 0 Å². The van der Waals surface area contributed by atoms with Crippen LogP contribution in [0.1, 0.15) is 61.5 Å². The van der Waals surface area contributed by atoms with E-state index in [1.807, 2.05) is 64.9 Å². The highest BCUT2D eigenvalue weighted by atomic mass is 16.2. The van der Waals surface area contributed by atoms with Gasteiger partial charge in [0.15, 0.2) is 0 Å². The van der Waals surface area contributed by atoms with Crippen molar-refractivity contribution in [2.75, 3.05) is 6.54 Å². The monoisotopic (exact) mass is 469 g/mol. The maximum Gasteiger partial charge on any atom is 0.271 e. The van der Waals surface area contributed by atoms with Gasteiger partial charge in [-0.3, -0.25) is 9.59 Å². The van der Waals surface area contributed by atoms with E-state index in [1.165, 1.54) is 12.8 Å². The number of nitrogens with one attached hydrogen (secondary N) is 1. The van der Waals surface area contributed by atoms with Crippen molar-refractivity contribution in [2.24, 2.45) is 0 Å². The van der Waals surface area contributed by atoms with E-state index in [-0.39, 0.29) is 17.9 Å². The summed E-state index contributed by atoms with van der Waals surface area (Å²) in [6.07, 6.45) is 7.52. The van der Waals surface area contributed by atoms with E-state index in [0.717, 1.165) is 42.5 Å². The SMILES string of the molecule is CC1(C(=O)NC2CCCCCC2)Cn2c(ccc2-c2ccccc2)C(=O)N1CCc1ccccc1. The standard InChI is InChI=1S/C30H35N3O2/c1-30(29(35)31-25-16-10-2-3-11-17-25)22-32-26(24-14-8-5-9-15-24)18-19-27(32)28(34)33(30)21-20-23-12-6-4-7-13-23/h4-9,12-15,18-19,25H,2-3,10-11,16-17,20-22H2,1H3,(H,31,35).